The average Bonchev–Trinajstić information content (AvgIpc) is 2.59. The molecule has 1 fully saturated rings. The van der Waals surface area contributed by atoms with Crippen molar-refractivity contribution in [1.82, 2.24) is 20.5 Å². The summed E-state index contributed by atoms with van der Waals surface area (Å²) in [5.41, 5.74) is 1.30. The third kappa shape index (κ3) is 6.90. The van der Waals surface area contributed by atoms with E-state index in [-0.39, 0.29) is 29.5 Å². The number of pyridine rings is 1. The van der Waals surface area contributed by atoms with E-state index >= 15 is 0 Å². The molecule has 7 heteroatoms. The second-order valence-electron chi connectivity index (χ2n) is 6.38. The zero-order chi connectivity index (χ0) is 16.5. The topological polar surface area (TPSA) is 61.8 Å². The van der Waals surface area contributed by atoms with Gasteiger partial charge in [0.2, 0.25) is 0 Å². The molecule has 2 rings (SSSR count). The van der Waals surface area contributed by atoms with Crippen LogP contribution in [0.5, 0.6) is 0 Å². The van der Waals surface area contributed by atoms with Crippen LogP contribution in [0.25, 0.3) is 0 Å². The van der Waals surface area contributed by atoms with E-state index < -0.39 is 0 Å². The molecule has 6 nitrogen and oxygen atoms in total. The summed E-state index contributed by atoms with van der Waals surface area (Å²) >= 11 is 0. The van der Waals surface area contributed by atoms with Gasteiger partial charge in [-0.3, -0.25) is 14.9 Å². The van der Waals surface area contributed by atoms with Gasteiger partial charge in [-0.2, -0.15) is 0 Å². The van der Waals surface area contributed by atoms with E-state index in [1.165, 1.54) is 5.56 Å². The van der Waals surface area contributed by atoms with Crippen LogP contribution in [-0.4, -0.2) is 67.8 Å². The van der Waals surface area contributed by atoms with Crippen LogP contribution in [0.2, 0.25) is 0 Å². The minimum atomic E-state index is 0. The summed E-state index contributed by atoms with van der Waals surface area (Å²) in [5.74, 6) is 0.843. The van der Waals surface area contributed by atoms with Gasteiger partial charge >= 0.3 is 0 Å². The van der Waals surface area contributed by atoms with Crippen molar-refractivity contribution < 1.29 is 4.74 Å². The highest BCUT2D eigenvalue weighted by Gasteiger charge is 2.28. The molecule has 1 aliphatic heterocycles. The quantitative estimate of drug-likeness (QED) is 0.394. The lowest BCUT2D eigenvalue weighted by atomic mass is 10.0. The normalized spacial score (nSPS) is 16.4. The second-order valence-corrected chi connectivity index (χ2v) is 6.38. The average molecular weight is 447 g/mol. The molecule has 2 N–H and O–H groups in total. The van der Waals surface area contributed by atoms with Crippen LogP contribution in [0.15, 0.2) is 29.5 Å². The maximum atomic E-state index is 5.43. The van der Waals surface area contributed by atoms with Gasteiger partial charge < -0.3 is 15.4 Å². The maximum absolute atomic E-state index is 5.43. The smallest absolute Gasteiger partial charge is 0.191 e. The summed E-state index contributed by atoms with van der Waals surface area (Å²) in [7, 11) is 1.81. The number of hydrogen-bond donors (Lipinski definition) is 2. The van der Waals surface area contributed by atoms with E-state index in [9.17, 15) is 0 Å². The molecular formula is C17H30IN5O. The molecule has 1 aromatic rings. The van der Waals surface area contributed by atoms with Crippen molar-refractivity contribution in [2.24, 2.45) is 4.99 Å². The standard InChI is InChI=1S/C17H29N5O.HI/c1-17(2,22-9-11-23-12-10-22)14-21-16(18-3)20-8-6-15-5-4-7-19-13-15;/h4-5,7,13H,6,8-12,14H2,1-3H3,(H2,18,20,21);1H. The molecule has 1 aromatic heterocycles. The summed E-state index contributed by atoms with van der Waals surface area (Å²) in [4.78, 5) is 10.9. The molecule has 0 aliphatic carbocycles. The first-order valence-corrected chi connectivity index (χ1v) is 8.28. The van der Waals surface area contributed by atoms with Gasteiger partial charge in [-0.1, -0.05) is 6.07 Å². The lowest BCUT2D eigenvalue weighted by molar-refractivity contribution is -0.00833. The predicted molar refractivity (Wildman–Crippen MR) is 109 cm³/mol. The third-order valence-corrected chi connectivity index (χ3v) is 4.21. The fourth-order valence-corrected chi connectivity index (χ4v) is 2.67. The number of halogens is 1. The Morgan fingerprint density at radius 1 is 1.33 bits per heavy atom. The molecule has 0 saturated carbocycles. The molecule has 0 amide bonds. The fourth-order valence-electron chi connectivity index (χ4n) is 2.67. The highest BCUT2D eigenvalue weighted by atomic mass is 127. The highest BCUT2D eigenvalue weighted by Crippen LogP contribution is 2.14. The molecule has 0 bridgehead atoms. The minimum Gasteiger partial charge on any atom is -0.379 e. The van der Waals surface area contributed by atoms with Crippen LogP contribution in [-0.2, 0) is 11.2 Å². The molecule has 0 spiro atoms. The Hall–Kier alpha value is -0.930. The Morgan fingerprint density at radius 3 is 2.71 bits per heavy atom. The Morgan fingerprint density at radius 2 is 2.08 bits per heavy atom. The fraction of sp³-hybridized carbons (Fsp3) is 0.647. The number of aliphatic imine (C=N–C) groups is 1. The summed E-state index contributed by atoms with van der Waals surface area (Å²) < 4.78 is 5.43. The Balaban J connectivity index is 0.00000288. The number of morpholine rings is 1. The van der Waals surface area contributed by atoms with Gasteiger partial charge in [0.15, 0.2) is 5.96 Å². The van der Waals surface area contributed by atoms with Gasteiger partial charge in [-0.05, 0) is 31.9 Å². The molecule has 1 aliphatic rings. The number of ether oxygens (including phenoxy) is 1. The van der Waals surface area contributed by atoms with E-state index in [4.69, 9.17) is 4.74 Å². The number of guanidine groups is 1. The van der Waals surface area contributed by atoms with Crippen molar-refractivity contribution in [3.63, 3.8) is 0 Å². The van der Waals surface area contributed by atoms with Gasteiger partial charge in [-0.15, -0.1) is 24.0 Å². The number of nitrogens with one attached hydrogen (secondary N) is 2. The molecule has 0 radical (unpaired) electrons. The van der Waals surface area contributed by atoms with Crippen LogP contribution in [0.3, 0.4) is 0 Å². The van der Waals surface area contributed by atoms with Gasteiger partial charge in [0, 0.05) is 51.2 Å². The van der Waals surface area contributed by atoms with Crippen LogP contribution in [0.4, 0.5) is 0 Å². The molecule has 0 unspecified atom stereocenters. The molecular weight excluding hydrogens is 417 g/mol. The number of aromatic nitrogens is 1. The largest absolute Gasteiger partial charge is 0.379 e. The Bertz CT molecular complexity index is 489. The summed E-state index contributed by atoms with van der Waals surface area (Å²) in [6, 6.07) is 4.06. The van der Waals surface area contributed by atoms with Gasteiger partial charge in [0.05, 0.1) is 13.2 Å². The molecule has 24 heavy (non-hydrogen) atoms. The Kier molecular flexibility index (Phi) is 9.53. The monoisotopic (exact) mass is 447 g/mol. The molecule has 2 heterocycles. The Labute approximate surface area is 162 Å². The first kappa shape index (κ1) is 21.1. The van der Waals surface area contributed by atoms with Gasteiger partial charge in [0.25, 0.3) is 0 Å². The zero-order valence-electron chi connectivity index (χ0n) is 14.9. The second kappa shape index (κ2) is 10.8. The number of rotatable bonds is 6. The zero-order valence-corrected chi connectivity index (χ0v) is 17.2. The van der Waals surface area contributed by atoms with E-state index in [0.717, 1.165) is 51.8 Å². The van der Waals surface area contributed by atoms with E-state index in [2.05, 4.69) is 45.4 Å². The summed E-state index contributed by atoms with van der Waals surface area (Å²) in [6.07, 6.45) is 4.63. The van der Waals surface area contributed by atoms with Crippen molar-refractivity contribution in [2.75, 3.05) is 46.4 Å². The molecule has 1 saturated heterocycles. The van der Waals surface area contributed by atoms with Crippen LogP contribution in [0, 0.1) is 0 Å². The number of hydrogen-bond acceptors (Lipinski definition) is 4. The first-order chi connectivity index (χ1) is 11.1. The van der Waals surface area contributed by atoms with Gasteiger partial charge in [-0.25, -0.2) is 0 Å². The van der Waals surface area contributed by atoms with Crippen LogP contribution >= 0.6 is 24.0 Å². The van der Waals surface area contributed by atoms with Crippen molar-refractivity contribution in [3.8, 4) is 0 Å². The lowest BCUT2D eigenvalue weighted by Gasteiger charge is -2.41. The highest BCUT2D eigenvalue weighted by molar-refractivity contribution is 14.0. The predicted octanol–water partition coefficient (Wildman–Crippen LogP) is 1.52. The van der Waals surface area contributed by atoms with E-state index in [1.807, 2.05) is 12.3 Å². The lowest BCUT2D eigenvalue weighted by Crippen LogP contribution is -2.56. The van der Waals surface area contributed by atoms with Gasteiger partial charge in [0.1, 0.15) is 0 Å². The van der Waals surface area contributed by atoms with Crippen molar-refractivity contribution in [2.45, 2.75) is 25.8 Å². The van der Waals surface area contributed by atoms with Crippen molar-refractivity contribution >= 4 is 29.9 Å². The minimum absolute atomic E-state index is 0. The van der Waals surface area contributed by atoms with Crippen molar-refractivity contribution in [3.05, 3.63) is 30.1 Å². The van der Waals surface area contributed by atoms with Crippen molar-refractivity contribution in [1.29, 1.82) is 0 Å². The van der Waals surface area contributed by atoms with Crippen LogP contribution < -0.4 is 10.6 Å². The molecule has 0 atom stereocenters. The summed E-state index contributed by atoms with van der Waals surface area (Å²) in [6.45, 7) is 9.82. The summed E-state index contributed by atoms with van der Waals surface area (Å²) in [5, 5.41) is 6.80. The first-order valence-electron chi connectivity index (χ1n) is 8.28. The molecule has 136 valence electrons. The number of nitrogens with zero attached hydrogens (tertiary/aromatic N) is 3. The van der Waals surface area contributed by atoms with Crippen LogP contribution in [0.1, 0.15) is 19.4 Å². The van der Waals surface area contributed by atoms with E-state index in [0.29, 0.717) is 0 Å². The maximum Gasteiger partial charge on any atom is 0.191 e. The molecule has 0 aromatic carbocycles. The SMILES string of the molecule is CN=C(NCCc1cccnc1)NCC(C)(C)N1CCOCC1.I. The third-order valence-electron chi connectivity index (χ3n) is 4.21. The van der Waals surface area contributed by atoms with E-state index in [1.54, 1.807) is 13.2 Å².